The van der Waals surface area contributed by atoms with Gasteiger partial charge in [0.2, 0.25) is 5.95 Å². The number of ether oxygens (including phenoxy) is 2. The van der Waals surface area contributed by atoms with Crippen LogP contribution in [-0.2, 0) is 24.2 Å². The second-order valence-electron chi connectivity index (χ2n) is 8.97. The zero-order valence-electron chi connectivity index (χ0n) is 19.3. The molecule has 8 nitrogen and oxygen atoms in total. The maximum atomic E-state index is 5.62. The quantitative estimate of drug-likeness (QED) is 0.698. The molecular formula is C24H34N6O2. The van der Waals surface area contributed by atoms with Gasteiger partial charge in [-0.15, -0.1) is 0 Å². The number of rotatable bonds is 5. The summed E-state index contributed by atoms with van der Waals surface area (Å²) < 4.78 is 11.0. The highest BCUT2D eigenvalue weighted by Gasteiger charge is 2.28. The summed E-state index contributed by atoms with van der Waals surface area (Å²) in [5.74, 6) is 2.93. The Balaban J connectivity index is 1.41. The summed E-state index contributed by atoms with van der Waals surface area (Å²) in [6.07, 6.45) is 0.958. The number of likely N-dealkylation sites (N-methyl/N-ethyl adjacent to an activating group) is 1. The van der Waals surface area contributed by atoms with E-state index in [0.29, 0.717) is 0 Å². The largest absolute Gasteiger partial charge is 0.497 e. The number of piperazine rings is 1. The molecule has 2 aromatic rings. The molecule has 0 saturated carbocycles. The third kappa shape index (κ3) is 4.67. The van der Waals surface area contributed by atoms with Crippen LogP contribution >= 0.6 is 0 Å². The number of hydrogen-bond donors (Lipinski definition) is 0. The van der Waals surface area contributed by atoms with Gasteiger partial charge in [-0.3, -0.25) is 4.90 Å². The van der Waals surface area contributed by atoms with E-state index < -0.39 is 0 Å². The van der Waals surface area contributed by atoms with Crippen LogP contribution in [0.15, 0.2) is 24.3 Å². The van der Waals surface area contributed by atoms with Gasteiger partial charge < -0.3 is 24.2 Å². The highest BCUT2D eigenvalue weighted by molar-refractivity contribution is 5.54. The molecule has 8 heteroatoms. The van der Waals surface area contributed by atoms with E-state index in [1.54, 1.807) is 7.11 Å². The van der Waals surface area contributed by atoms with Crippen LogP contribution in [0.4, 0.5) is 11.8 Å². The van der Waals surface area contributed by atoms with Crippen molar-refractivity contribution >= 4 is 11.8 Å². The SMILES string of the molecule is COc1cccc(CN2CCc3nc(N4CCN(C)CC4)nc(N4CCOCC4)c3C2)c1. The molecule has 32 heavy (non-hydrogen) atoms. The molecule has 1 aromatic carbocycles. The Morgan fingerprint density at radius 3 is 2.56 bits per heavy atom. The fraction of sp³-hybridized carbons (Fsp3) is 0.583. The Morgan fingerprint density at radius 1 is 0.969 bits per heavy atom. The maximum Gasteiger partial charge on any atom is 0.227 e. The predicted molar refractivity (Wildman–Crippen MR) is 126 cm³/mol. The highest BCUT2D eigenvalue weighted by Crippen LogP contribution is 2.30. The second kappa shape index (κ2) is 9.60. The van der Waals surface area contributed by atoms with E-state index in [2.05, 4.69) is 44.8 Å². The smallest absolute Gasteiger partial charge is 0.227 e. The molecule has 2 saturated heterocycles. The van der Waals surface area contributed by atoms with Crippen molar-refractivity contribution in [3.63, 3.8) is 0 Å². The number of hydrogen-bond acceptors (Lipinski definition) is 8. The molecule has 172 valence electrons. The van der Waals surface area contributed by atoms with Crippen LogP contribution in [0, 0.1) is 0 Å². The summed E-state index contributed by atoms with van der Waals surface area (Å²) in [4.78, 5) is 19.9. The maximum absolute atomic E-state index is 5.62. The van der Waals surface area contributed by atoms with Gasteiger partial charge in [-0.2, -0.15) is 4.98 Å². The lowest BCUT2D eigenvalue weighted by atomic mass is 10.0. The third-order valence-corrected chi connectivity index (χ3v) is 6.74. The Kier molecular flexibility index (Phi) is 6.43. The monoisotopic (exact) mass is 438 g/mol. The first-order valence-electron chi connectivity index (χ1n) is 11.7. The Labute approximate surface area is 190 Å². The summed E-state index contributed by atoms with van der Waals surface area (Å²) >= 11 is 0. The molecule has 0 spiro atoms. The van der Waals surface area contributed by atoms with Crippen molar-refractivity contribution in [2.45, 2.75) is 19.5 Å². The summed E-state index contributed by atoms with van der Waals surface area (Å²) in [5.41, 5.74) is 3.78. The average Bonchev–Trinajstić information content (AvgIpc) is 2.84. The van der Waals surface area contributed by atoms with Gasteiger partial charge in [0.1, 0.15) is 11.6 Å². The van der Waals surface area contributed by atoms with Gasteiger partial charge in [0.25, 0.3) is 0 Å². The minimum atomic E-state index is 0.760. The number of benzene rings is 1. The Hall–Kier alpha value is -2.42. The van der Waals surface area contributed by atoms with E-state index >= 15 is 0 Å². The molecule has 0 N–H and O–H groups in total. The molecule has 5 rings (SSSR count). The van der Waals surface area contributed by atoms with Crippen LogP contribution in [0.5, 0.6) is 5.75 Å². The molecule has 3 aliphatic heterocycles. The van der Waals surface area contributed by atoms with Crippen molar-refractivity contribution in [2.24, 2.45) is 0 Å². The number of anilines is 2. The topological polar surface area (TPSA) is 57.2 Å². The molecule has 3 aliphatic rings. The Bertz CT molecular complexity index is 925. The first-order chi connectivity index (χ1) is 15.7. The fourth-order valence-electron chi connectivity index (χ4n) is 4.79. The zero-order chi connectivity index (χ0) is 21.9. The van der Waals surface area contributed by atoms with Crippen molar-refractivity contribution < 1.29 is 9.47 Å². The molecule has 0 radical (unpaired) electrons. The van der Waals surface area contributed by atoms with Gasteiger partial charge in [-0.1, -0.05) is 12.1 Å². The molecule has 0 aliphatic carbocycles. The lowest BCUT2D eigenvalue weighted by molar-refractivity contribution is 0.122. The molecule has 2 fully saturated rings. The predicted octanol–water partition coefficient (Wildman–Crippen LogP) is 1.63. The van der Waals surface area contributed by atoms with Crippen molar-refractivity contribution in [3.05, 3.63) is 41.1 Å². The summed E-state index contributed by atoms with van der Waals surface area (Å²) in [5, 5.41) is 0. The van der Waals surface area contributed by atoms with Gasteiger partial charge in [-0.25, -0.2) is 4.98 Å². The van der Waals surface area contributed by atoms with E-state index in [4.69, 9.17) is 19.4 Å². The summed E-state index contributed by atoms with van der Waals surface area (Å²) in [6.45, 7) is 10.2. The number of aromatic nitrogens is 2. The molecule has 1 aromatic heterocycles. The van der Waals surface area contributed by atoms with Gasteiger partial charge >= 0.3 is 0 Å². The summed E-state index contributed by atoms with van der Waals surface area (Å²) in [6, 6.07) is 8.37. The first kappa shape index (κ1) is 21.4. The lowest BCUT2D eigenvalue weighted by Gasteiger charge is -2.37. The van der Waals surface area contributed by atoms with E-state index in [0.717, 1.165) is 96.1 Å². The van der Waals surface area contributed by atoms with Crippen LogP contribution in [0.25, 0.3) is 0 Å². The van der Waals surface area contributed by atoms with Gasteiger partial charge in [0.15, 0.2) is 0 Å². The van der Waals surface area contributed by atoms with Gasteiger partial charge in [-0.05, 0) is 24.7 Å². The Morgan fingerprint density at radius 2 is 1.78 bits per heavy atom. The zero-order valence-corrected chi connectivity index (χ0v) is 19.3. The van der Waals surface area contributed by atoms with Crippen molar-refractivity contribution in [1.82, 2.24) is 19.8 Å². The van der Waals surface area contributed by atoms with Crippen LogP contribution in [0.3, 0.4) is 0 Å². The van der Waals surface area contributed by atoms with E-state index in [1.165, 1.54) is 16.8 Å². The van der Waals surface area contributed by atoms with Gasteiger partial charge in [0.05, 0.1) is 26.0 Å². The minimum absolute atomic E-state index is 0.760. The van der Waals surface area contributed by atoms with Crippen molar-refractivity contribution in [3.8, 4) is 5.75 Å². The summed E-state index contributed by atoms with van der Waals surface area (Å²) in [7, 11) is 3.90. The molecule has 4 heterocycles. The van der Waals surface area contributed by atoms with Crippen LogP contribution in [0.2, 0.25) is 0 Å². The van der Waals surface area contributed by atoms with Crippen LogP contribution < -0.4 is 14.5 Å². The lowest BCUT2D eigenvalue weighted by Crippen LogP contribution is -2.46. The third-order valence-electron chi connectivity index (χ3n) is 6.74. The van der Waals surface area contributed by atoms with Crippen molar-refractivity contribution in [1.29, 1.82) is 0 Å². The second-order valence-corrected chi connectivity index (χ2v) is 8.97. The number of methoxy groups -OCH3 is 1. The number of fused-ring (bicyclic) bond motifs is 1. The normalized spacial score (nSPS) is 20.3. The fourth-order valence-corrected chi connectivity index (χ4v) is 4.79. The molecule has 0 unspecified atom stereocenters. The van der Waals surface area contributed by atoms with Crippen LogP contribution in [0.1, 0.15) is 16.8 Å². The van der Waals surface area contributed by atoms with Crippen LogP contribution in [-0.4, -0.2) is 93.0 Å². The van der Waals surface area contributed by atoms with Crippen molar-refractivity contribution in [2.75, 3.05) is 83.0 Å². The molecule has 0 bridgehead atoms. The van der Waals surface area contributed by atoms with E-state index in [1.807, 2.05) is 6.07 Å². The first-order valence-corrected chi connectivity index (χ1v) is 11.7. The highest BCUT2D eigenvalue weighted by atomic mass is 16.5. The van der Waals surface area contributed by atoms with E-state index in [9.17, 15) is 0 Å². The average molecular weight is 439 g/mol. The molecular weight excluding hydrogens is 404 g/mol. The number of nitrogens with zero attached hydrogens (tertiary/aromatic N) is 6. The van der Waals surface area contributed by atoms with E-state index in [-0.39, 0.29) is 0 Å². The minimum Gasteiger partial charge on any atom is -0.497 e. The molecule has 0 amide bonds. The molecule has 0 atom stereocenters. The van der Waals surface area contributed by atoms with Gasteiger partial charge in [0, 0.05) is 70.9 Å². The number of morpholine rings is 1. The standard InChI is InChI=1S/C24H34N6O2/c1-27-8-10-30(11-9-27)24-25-22-6-7-28(17-19-4-3-5-20(16-19)31-2)18-21(22)23(26-24)29-12-14-32-15-13-29/h3-5,16H,6-15,17-18H2,1-2H3.